The second-order valence-corrected chi connectivity index (χ2v) is 17.8. The van der Waals surface area contributed by atoms with Gasteiger partial charge in [-0.05, 0) is 70.5 Å². The van der Waals surface area contributed by atoms with Gasteiger partial charge in [-0.15, -0.1) is 0 Å². The number of allylic oxidation sites excluding steroid dienone is 2. The van der Waals surface area contributed by atoms with E-state index in [1.807, 2.05) is 17.3 Å². The molecule has 0 aliphatic carbocycles. The third kappa shape index (κ3) is 10.3. The molecule has 1 fully saturated rings. The molecule has 4 aromatic rings. The molecule has 4 atom stereocenters. The summed E-state index contributed by atoms with van der Waals surface area (Å²) < 4.78 is 58.9. The van der Waals surface area contributed by atoms with Crippen LogP contribution in [0.25, 0.3) is 0 Å². The van der Waals surface area contributed by atoms with E-state index in [0.717, 1.165) is 17.0 Å². The molecule has 0 amide bonds. The monoisotopic (exact) mass is 806 g/mol. The van der Waals surface area contributed by atoms with Crippen molar-refractivity contribution in [3.63, 3.8) is 0 Å². The summed E-state index contributed by atoms with van der Waals surface area (Å²) in [6, 6.07) is 40.6. The van der Waals surface area contributed by atoms with Crippen molar-refractivity contribution in [1.29, 1.82) is 0 Å². The fourth-order valence-electron chi connectivity index (χ4n) is 6.33. The fourth-order valence-corrected chi connectivity index (χ4v) is 14.1. The van der Waals surface area contributed by atoms with Gasteiger partial charge in [-0.2, -0.15) is 13.2 Å². The summed E-state index contributed by atoms with van der Waals surface area (Å²) in [6.07, 6.45) is 1.35. The van der Waals surface area contributed by atoms with E-state index in [1.165, 1.54) is 33.7 Å². The van der Waals surface area contributed by atoms with Crippen LogP contribution in [-0.2, 0) is 27.4 Å². The summed E-state index contributed by atoms with van der Waals surface area (Å²) >= 11 is 1.82. The minimum absolute atomic E-state index is 0.141. The molecule has 0 aromatic heterocycles. The van der Waals surface area contributed by atoms with Crippen molar-refractivity contribution in [2.45, 2.75) is 63.5 Å². The molecule has 4 aromatic carbocycles. The Bertz CT molecular complexity index is 1640. The number of rotatable bonds is 4. The minimum atomic E-state index is -6.09. The summed E-state index contributed by atoms with van der Waals surface area (Å²) in [4.78, 5) is 0. The molecule has 2 heterocycles. The summed E-state index contributed by atoms with van der Waals surface area (Å²) in [5, 5.41) is 4.67. The second kappa shape index (κ2) is 17.7. The Balaban J connectivity index is 0.000000260. The van der Waals surface area contributed by atoms with Crippen LogP contribution in [0.15, 0.2) is 120 Å². The molecule has 2 aliphatic rings. The number of alkyl halides is 3. The van der Waals surface area contributed by atoms with Gasteiger partial charge in [-0.3, -0.25) is 0 Å². The molecule has 1 saturated heterocycles. The Labute approximate surface area is 294 Å². The van der Waals surface area contributed by atoms with Gasteiger partial charge < -0.3 is 4.55 Å². The van der Waals surface area contributed by atoms with Crippen LogP contribution in [0.5, 0.6) is 0 Å². The summed E-state index contributed by atoms with van der Waals surface area (Å²) in [6.45, 7) is 11.2. The van der Waals surface area contributed by atoms with Crippen LogP contribution in [0.1, 0.15) is 37.0 Å². The SMILES string of the molecule is CC1=C(C)[C@H]2[C@H](P(c3ccccc3)c3ccccc3)C[C@@H]1[P@@]2c1ccccc1.Cc1cc(C)cc(C)c1.O=S(=O)([O-])C(F)(F)F.[Cl][Ru+]. The van der Waals surface area contributed by atoms with E-state index < -0.39 is 15.6 Å². The normalized spacial score (nSPS) is 20.0. The molecular formula is C36H38ClF3O3P2RuS. The second-order valence-electron chi connectivity index (χ2n) is 11.5. The number of hydrogen-bond donors (Lipinski definition) is 0. The molecule has 2 aliphatic heterocycles. The number of halogens is 4. The topological polar surface area (TPSA) is 57.2 Å². The predicted molar refractivity (Wildman–Crippen MR) is 189 cm³/mol. The number of hydrogen-bond acceptors (Lipinski definition) is 3. The van der Waals surface area contributed by atoms with Crippen molar-refractivity contribution in [3.8, 4) is 0 Å². The number of aryl methyl sites for hydroxylation is 3. The van der Waals surface area contributed by atoms with E-state index >= 15 is 0 Å². The van der Waals surface area contributed by atoms with E-state index in [4.69, 9.17) is 13.0 Å². The van der Waals surface area contributed by atoms with Gasteiger partial charge >= 0.3 is 32.5 Å². The van der Waals surface area contributed by atoms with Gasteiger partial charge in [0.1, 0.15) is 0 Å². The first-order chi connectivity index (χ1) is 22.2. The average molecular weight is 806 g/mol. The van der Waals surface area contributed by atoms with Crippen LogP contribution < -0.4 is 15.9 Å². The zero-order valence-electron chi connectivity index (χ0n) is 26.7. The molecule has 0 spiro atoms. The summed E-state index contributed by atoms with van der Waals surface area (Å²) in [7, 11) is -2.01. The van der Waals surface area contributed by atoms with Crippen LogP contribution >= 0.6 is 25.5 Å². The average Bonchev–Trinajstić information content (AvgIpc) is 3.52. The first-order valence-corrected chi connectivity index (χ1v) is 21.3. The molecule has 0 saturated carbocycles. The van der Waals surface area contributed by atoms with Crippen LogP contribution in [0.2, 0.25) is 0 Å². The zero-order chi connectivity index (χ0) is 34.9. The van der Waals surface area contributed by atoms with E-state index in [-0.39, 0.29) is 15.8 Å². The quantitative estimate of drug-likeness (QED) is 0.0680. The summed E-state index contributed by atoms with van der Waals surface area (Å²) in [5.74, 6) is 0. The predicted octanol–water partition coefficient (Wildman–Crippen LogP) is 9.14. The van der Waals surface area contributed by atoms with Crippen LogP contribution in [0.4, 0.5) is 13.2 Å². The van der Waals surface area contributed by atoms with Crippen molar-refractivity contribution < 1.29 is 43.5 Å². The van der Waals surface area contributed by atoms with Crippen LogP contribution in [-0.4, -0.2) is 35.5 Å². The van der Waals surface area contributed by atoms with Crippen molar-refractivity contribution in [3.05, 3.63) is 137 Å². The molecule has 11 heteroatoms. The maximum atomic E-state index is 10.7. The van der Waals surface area contributed by atoms with Crippen molar-refractivity contribution in [2.75, 3.05) is 0 Å². The first-order valence-electron chi connectivity index (χ1n) is 14.8. The fraction of sp³-hybridized carbons (Fsp3) is 0.278. The van der Waals surface area contributed by atoms with Crippen molar-refractivity contribution >= 4 is 51.6 Å². The molecule has 0 N–H and O–H groups in total. The molecule has 3 nitrogen and oxygen atoms in total. The Morgan fingerprint density at radius 1 is 0.723 bits per heavy atom. The number of benzene rings is 4. The number of fused-ring (bicyclic) bond motifs is 2. The third-order valence-electron chi connectivity index (χ3n) is 8.13. The molecule has 252 valence electrons. The Morgan fingerprint density at radius 3 is 1.45 bits per heavy atom. The van der Waals surface area contributed by atoms with Crippen molar-refractivity contribution in [1.82, 2.24) is 0 Å². The van der Waals surface area contributed by atoms with Gasteiger partial charge in [-0.25, -0.2) is 8.42 Å². The molecule has 0 unspecified atom stereocenters. The van der Waals surface area contributed by atoms with Gasteiger partial charge in [-0.1, -0.05) is 145 Å². The Kier molecular flexibility index (Phi) is 14.9. The van der Waals surface area contributed by atoms with Gasteiger partial charge in [0.15, 0.2) is 10.1 Å². The van der Waals surface area contributed by atoms with Gasteiger partial charge in [0.05, 0.1) is 0 Å². The van der Waals surface area contributed by atoms with E-state index in [2.05, 4.69) is 154 Å². The molecule has 2 bridgehead atoms. The Morgan fingerprint density at radius 2 is 1.09 bits per heavy atom. The van der Waals surface area contributed by atoms with Gasteiger partial charge in [0.2, 0.25) is 0 Å². The molecule has 6 rings (SSSR count). The standard InChI is InChI=1S/C26H26P2.C9H12.CHF3O3S.ClH.Ru/c1-19-20(2)26-25(18-24(19)28(26)23-16-10-5-11-17-23)27(21-12-6-3-7-13-21)22-14-8-4-9-15-22;1-7-4-8(2)6-9(3)5-7;2-1(3,4)8(5,6)7;;/h3-17,24-26H,18H2,1-2H3;4-6H,1-3H3;(H,5,6,7);1H;/q;;;;+2/p-2/t24-,25+,26-,28+;;;;/m0..../s1. The maximum absolute atomic E-state index is 10.7. The summed E-state index contributed by atoms with van der Waals surface area (Å²) in [5.41, 5.74) is 4.04. The van der Waals surface area contributed by atoms with Gasteiger partial charge in [0.25, 0.3) is 0 Å². The first kappa shape index (κ1) is 39.5. The third-order valence-corrected chi connectivity index (χ3v) is 15.3. The van der Waals surface area contributed by atoms with E-state index in [1.54, 1.807) is 16.5 Å². The van der Waals surface area contributed by atoms with Crippen molar-refractivity contribution in [2.24, 2.45) is 0 Å². The van der Waals surface area contributed by atoms with Gasteiger partial charge in [0, 0.05) is 11.3 Å². The molecule has 47 heavy (non-hydrogen) atoms. The van der Waals surface area contributed by atoms with Crippen LogP contribution in [0, 0.1) is 20.8 Å². The Hall–Kier alpha value is -1.91. The molecular weight excluding hydrogens is 768 g/mol. The zero-order valence-corrected chi connectivity index (χ0v) is 31.8. The van der Waals surface area contributed by atoms with Crippen LogP contribution in [0.3, 0.4) is 0 Å². The van der Waals surface area contributed by atoms with E-state index in [9.17, 15) is 13.2 Å². The molecule has 0 radical (unpaired) electrons. The van der Waals surface area contributed by atoms with E-state index in [0.29, 0.717) is 0 Å².